The summed E-state index contributed by atoms with van der Waals surface area (Å²) in [5, 5.41) is 3.39. The first-order chi connectivity index (χ1) is 12.5. The van der Waals surface area contributed by atoms with Crippen LogP contribution >= 0.6 is 0 Å². The number of fused-ring (bicyclic) bond motifs is 1. The second-order valence-electron chi connectivity index (χ2n) is 6.00. The monoisotopic (exact) mass is 363 g/mol. The zero-order valence-corrected chi connectivity index (χ0v) is 16.3. The normalized spacial score (nSPS) is 15.3. The van der Waals surface area contributed by atoms with E-state index in [2.05, 4.69) is 5.32 Å². The van der Waals surface area contributed by atoms with Gasteiger partial charge in [-0.25, -0.2) is 0 Å². The van der Waals surface area contributed by atoms with Gasteiger partial charge in [-0.15, -0.1) is 0 Å². The smallest absolute Gasteiger partial charge is 0.161 e. The average Bonchev–Trinajstić information content (AvgIpc) is 2.64. The van der Waals surface area contributed by atoms with E-state index < -0.39 is 6.29 Å². The molecule has 0 amide bonds. The van der Waals surface area contributed by atoms with E-state index in [1.807, 2.05) is 26.0 Å². The van der Waals surface area contributed by atoms with Crippen molar-refractivity contribution in [3.05, 3.63) is 28.8 Å². The summed E-state index contributed by atoms with van der Waals surface area (Å²) < 4.78 is 22.1. The summed E-state index contributed by atoms with van der Waals surface area (Å²) >= 11 is 0. The fraction of sp³-hybridized carbons (Fsp3) is 0.550. The maximum Gasteiger partial charge on any atom is 0.161 e. The predicted molar refractivity (Wildman–Crippen MR) is 101 cm³/mol. The van der Waals surface area contributed by atoms with Crippen LogP contribution in [0.5, 0.6) is 11.5 Å². The lowest BCUT2D eigenvalue weighted by atomic mass is 9.92. The fourth-order valence-electron chi connectivity index (χ4n) is 3.17. The molecule has 0 saturated heterocycles. The largest absolute Gasteiger partial charge is 0.493 e. The number of nitrogens with one attached hydrogen (secondary N) is 1. The highest BCUT2D eigenvalue weighted by Gasteiger charge is 2.25. The molecule has 1 aliphatic rings. The molecule has 0 aliphatic carbocycles. The zero-order chi connectivity index (χ0) is 19.1. The van der Waals surface area contributed by atoms with Crippen LogP contribution in [0.3, 0.4) is 0 Å². The van der Waals surface area contributed by atoms with Crippen molar-refractivity contribution in [2.45, 2.75) is 39.9 Å². The van der Waals surface area contributed by atoms with Crippen molar-refractivity contribution in [3.8, 4) is 11.5 Å². The van der Waals surface area contributed by atoms with E-state index in [-0.39, 0.29) is 5.78 Å². The second-order valence-corrected chi connectivity index (χ2v) is 6.00. The minimum Gasteiger partial charge on any atom is -0.493 e. The molecule has 1 aliphatic heterocycles. The topological polar surface area (TPSA) is 66.0 Å². The molecule has 0 saturated carbocycles. The van der Waals surface area contributed by atoms with E-state index >= 15 is 0 Å². The molecule has 1 heterocycles. The van der Waals surface area contributed by atoms with Crippen molar-refractivity contribution >= 4 is 11.5 Å². The van der Waals surface area contributed by atoms with Crippen LogP contribution in [0.2, 0.25) is 0 Å². The van der Waals surface area contributed by atoms with Gasteiger partial charge in [-0.1, -0.05) is 0 Å². The van der Waals surface area contributed by atoms with Gasteiger partial charge in [-0.3, -0.25) is 4.79 Å². The number of Topliss-reactive ketones (excluding diaryl/α,β-unsaturated/α-hetero) is 1. The summed E-state index contributed by atoms with van der Waals surface area (Å²) in [7, 11) is 3.23. The molecular formula is C20H29NO5. The third kappa shape index (κ3) is 4.56. The zero-order valence-electron chi connectivity index (χ0n) is 16.3. The highest BCUT2D eigenvalue weighted by Crippen LogP contribution is 2.36. The van der Waals surface area contributed by atoms with Crippen LogP contribution in [0.1, 0.15) is 38.3 Å². The summed E-state index contributed by atoms with van der Waals surface area (Å²) in [5.41, 5.74) is 3.58. The first kappa shape index (κ1) is 20.3. The summed E-state index contributed by atoms with van der Waals surface area (Å²) in [6.07, 6.45) is 0.807. The number of carbonyl (C=O) groups excluding carboxylic acids is 1. The third-order valence-electron chi connectivity index (χ3n) is 4.38. The van der Waals surface area contributed by atoms with E-state index in [4.69, 9.17) is 18.9 Å². The molecular weight excluding hydrogens is 334 g/mol. The van der Waals surface area contributed by atoms with Gasteiger partial charge in [0.05, 0.1) is 14.2 Å². The highest BCUT2D eigenvalue weighted by atomic mass is 16.7. The van der Waals surface area contributed by atoms with E-state index in [0.29, 0.717) is 36.7 Å². The number of benzene rings is 1. The SMILES string of the molecule is CCOC(C/C(C(C)=O)=C1\NCCc2cc(OC)c(OC)cc21)OCC. The molecule has 2 rings (SSSR count). The predicted octanol–water partition coefficient (Wildman–Crippen LogP) is 2.94. The van der Waals surface area contributed by atoms with Gasteiger partial charge in [0.25, 0.3) is 0 Å². The summed E-state index contributed by atoms with van der Waals surface area (Å²) in [6, 6.07) is 3.91. The van der Waals surface area contributed by atoms with Crippen molar-refractivity contribution in [3.63, 3.8) is 0 Å². The van der Waals surface area contributed by atoms with Crippen molar-refractivity contribution < 1.29 is 23.7 Å². The van der Waals surface area contributed by atoms with Crippen LogP contribution in [0.15, 0.2) is 17.7 Å². The van der Waals surface area contributed by atoms with Crippen LogP contribution < -0.4 is 14.8 Å². The molecule has 0 atom stereocenters. The van der Waals surface area contributed by atoms with Crippen LogP contribution in [0, 0.1) is 0 Å². The molecule has 1 aromatic carbocycles. The number of carbonyl (C=O) groups is 1. The minimum atomic E-state index is -0.441. The maximum absolute atomic E-state index is 12.4. The van der Waals surface area contributed by atoms with Gasteiger partial charge in [0.2, 0.25) is 0 Å². The third-order valence-corrected chi connectivity index (χ3v) is 4.38. The highest BCUT2D eigenvalue weighted by molar-refractivity contribution is 6.01. The number of rotatable bonds is 9. The minimum absolute atomic E-state index is 0.000425. The van der Waals surface area contributed by atoms with Gasteiger partial charge in [-0.2, -0.15) is 0 Å². The Hall–Kier alpha value is -2.05. The Kier molecular flexibility index (Phi) is 7.48. The number of hydrogen-bond donors (Lipinski definition) is 1. The Balaban J connectivity index is 2.51. The van der Waals surface area contributed by atoms with E-state index in [0.717, 1.165) is 29.8 Å². The lowest BCUT2D eigenvalue weighted by molar-refractivity contribution is -0.137. The molecule has 0 aromatic heterocycles. The van der Waals surface area contributed by atoms with Gasteiger partial charge in [-0.05, 0) is 44.9 Å². The molecule has 0 bridgehead atoms. The Morgan fingerprint density at radius 3 is 2.27 bits per heavy atom. The van der Waals surface area contributed by atoms with Crippen LogP contribution in [0.4, 0.5) is 0 Å². The Morgan fingerprint density at radius 2 is 1.73 bits per heavy atom. The second kappa shape index (κ2) is 9.59. The summed E-state index contributed by atoms with van der Waals surface area (Å²) in [5.74, 6) is 1.33. The lowest BCUT2D eigenvalue weighted by Gasteiger charge is -2.26. The van der Waals surface area contributed by atoms with E-state index in [9.17, 15) is 4.79 Å². The maximum atomic E-state index is 12.4. The van der Waals surface area contributed by atoms with Crippen molar-refractivity contribution in [1.29, 1.82) is 0 Å². The Morgan fingerprint density at radius 1 is 1.12 bits per heavy atom. The molecule has 144 valence electrons. The first-order valence-corrected chi connectivity index (χ1v) is 9.02. The first-order valence-electron chi connectivity index (χ1n) is 9.02. The van der Waals surface area contributed by atoms with Crippen LogP contribution in [-0.4, -0.2) is 46.1 Å². The van der Waals surface area contributed by atoms with Gasteiger partial charge in [0, 0.05) is 43.0 Å². The van der Waals surface area contributed by atoms with Crippen LogP contribution in [-0.2, 0) is 20.7 Å². The Bertz CT molecular complexity index is 662. The quantitative estimate of drug-likeness (QED) is 0.537. The van der Waals surface area contributed by atoms with Crippen LogP contribution in [0.25, 0.3) is 5.70 Å². The molecule has 0 spiro atoms. The van der Waals surface area contributed by atoms with Crippen molar-refractivity contribution in [2.75, 3.05) is 34.0 Å². The summed E-state index contributed by atoms with van der Waals surface area (Å²) in [4.78, 5) is 12.4. The molecule has 6 heteroatoms. The Labute approximate surface area is 155 Å². The molecule has 0 radical (unpaired) electrons. The number of methoxy groups -OCH3 is 2. The fourth-order valence-corrected chi connectivity index (χ4v) is 3.17. The van der Waals surface area contributed by atoms with Gasteiger partial charge in [0.15, 0.2) is 23.6 Å². The van der Waals surface area contributed by atoms with Gasteiger partial charge < -0.3 is 24.3 Å². The number of ether oxygens (including phenoxy) is 4. The van der Waals surface area contributed by atoms with Gasteiger partial charge in [0.1, 0.15) is 0 Å². The molecule has 0 fully saturated rings. The number of hydrogen-bond acceptors (Lipinski definition) is 6. The number of ketones is 1. The van der Waals surface area contributed by atoms with Gasteiger partial charge >= 0.3 is 0 Å². The molecule has 6 nitrogen and oxygen atoms in total. The molecule has 1 N–H and O–H groups in total. The molecule has 0 unspecified atom stereocenters. The lowest BCUT2D eigenvalue weighted by Crippen LogP contribution is -2.28. The van der Waals surface area contributed by atoms with Crippen molar-refractivity contribution in [1.82, 2.24) is 5.32 Å². The van der Waals surface area contributed by atoms with E-state index in [1.165, 1.54) is 0 Å². The van der Waals surface area contributed by atoms with Crippen molar-refractivity contribution in [2.24, 2.45) is 0 Å². The standard InChI is InChI=1S/C20H29NO5/c1-6-25-19(26-7-2)12-15(13(3)22)20-16-11-18(24-5)17(23-4)10-14(16)8-9-21-20/h10-11,19,21H,6-9,12H2,1-5H3/b20-15+. The average molecular weight is 363 g/mol. The molecule has 26 heavy (non-hydrogen) atoms. The summed E-state index contributed by atoms with van der Waals surface area (Å²) in [6.45, 7) is 7.22. The van der Waals surface area contributed by atoms with E-state index in [1.54, 1.807) is 21.1 Å². The molecule has 1 aromatic rings.